The Bertz CT molecular complexity index is 796. The van der Waals surface area contributed by atoms with E-state index < -0.39 is 0 Å². The molecule has 116 valence electrons. The summed E-state index contributed by atoms with van der Waals surface area (Å²) in [6.07, 6.45) is 1.96. The number of aromatic nitrogens is 2. The number of amides is 1. The zero-order chi connectivity index (χ0) is 15.6. The molecule has 4 rings (SSSR count). The van der Waals surface area contributed by atoms with Crippen molar-refractivity contribution in [3.8, 4) is 11.7 Å². The highest BCUT2D eigenvalue weighted by atomic mass is 16.5. The predicted octanol–water partition coefficient (Wildman–Crippen LogP) is 2.85. The minimum absolute atomic E-state index is 0.0429. The molecule has 6 heteroatoms. The number of rotatable bonds is 4. The molecule has 1 aromatic carbocycles. The molecule has 3 heterocycles. The van der Waals surface area contributed by atoms with Gasteiger partial charge < -0.3 is 13.8 Å². The molecule has 0 N–H and O–H groups in total. The van der Waals surface area contributed by atoms with Crippen LogP contribution in [0.2, 0.25) is 0 Å². The highest BCUT2D eigenvalue weighted by molar-refractivity contribution is 5.79. The molecule has 6 nitrogen and oxygen atoms in total. The van der Waals surface area contributed by atoms with Gasteiger partial charge in [0, 0.05) is 25.4 Å². The first-order chi connectivity index (χ1) is 11.3. The van der Waals surface area contributed by atoms with Gasteiger partial charge in [-0.1, -0.05) is 35.5 Å². The Morgan fingerprint density at radius 3 is 2.83 bits per heavy atom. The average Bonchev–Trinajstić information content (AvgIpc) is 3.29. The van der Waals surface area contributed by atoms with Crippen molar-refractivity contribution in [3.63, 3.8) is 0 Å². The fraction of sp³-hybridized carbons (Fsp3) is 0.235. The summed E-state index contributed by atoms with van der Waals surface area (Å²) in [7, 11) is 0. The summed E-state index contributed by atoms with van der Waals surface area (Å²) in [5, 5.41) is 4.01. The van der Waals surface area contributed by atoms with Crippen molar-refractivity contribution in [2.75, 3.05) is 6.54 Å². The van der Waals surface area contributed by atoms with E-state index in [1.54, 1.807) is 18.4 Å². The molecule has 1 amide bonds. The molecule has 0 radical (unpaired) electrons. The third-order valence-corrected chi connectivity index (χ3v) is 3.97. The summed E-state index contributed by atoms with van der Waals surface area (Å²) in [6, 6.07) is 13.5. The molecular weight excluding hydrogens is 294 g/mol. The van der Waals surface area contributed by atoms with Gasteiger partial charge in [0.25, 0.3) is 5.89 Å². The molecule has 23 heavy (non-hydrogen) atoms. The van der Waals surface area contributed by atoms with E-state index in [9.17, 15) is 4.79 Å². The van der Waals surface area contributed by atoms with Crippen molar-refractivity contribution in [1.82, 2.24) is 15.0 Å². The van der Waals surface area contributed by atoms with Crippen LogP contribution in [0.5, 0.6) is 0 Å². The first kappa shape index (κ1) is 13.8. The lowest BCUT2D eigenvalue weighted by Crippen LogP contribution is -2.24. The number of carbonyl (C=O) groups excluding carboxylic acids is 1. The van der Waals surface area contributed by atoms with Crippen molar-refractivity contribution < 1.29 is 13.7 Å². The lowest BCUT2D eigenvalue weighted by molar-refractivity contribution is -0.128. The monoisotopic (exact) mass is 309 g/mol. The lowest BCUT2D eigenvalue weighted by Gasteiger charge is -2.15. The predicted molar refractivity (Wildman–Crippen MR) is 81.2 cm³/mol. The first-order valence-corrected chi connectivity index (χ1v) is 7.49. The molecule has 1 aliphatic rings. The molecule has 0 unspecified atom stereocenters. The van der Waals surface area contributed by atoms with E-state index in [0.29, 0.717) is 37.0 Å². The molecule has 0 spiro atoms. The van der Waals surface area contributed by atoms with E-state index in [-0.39, 0.29) is 11.8 Å². The van der Waals surface area contributed by atoms with E-state index in [2.05, 4.69) is 10.1 Å². The van der Waals surface area contributed by atoms with Gasteiger partial charge in [-0.3, -0.25) is 4.79 Å². The van der Waals surface area contributed by atoms with Crippen LogP contribution >= 0.6 is 0 Å². The molecule has 1 saturated heterocycles. The van der Waals surface area contributed by atoms with Gasteiger partial charge in [0.15, 0.2) is 11.6 Å². The second kappa shape index (κ2) is 5.72. The van der Waals surface area contributed by atoms with Crippen molar-refractivity contribution in [2.45, 2.75) is 18.9 Å². The van der Waals surface area contributed by atoms with Crippen molar-refractivity contribution >= 4 is 5.91 Å². The molecule has 0 bridgehead atoms. The average molecular weight is 309 g/mol. The number of hydrogen-bond donors (Lipinski definition) is 0. The summed E-state index contributed by atoms with van der Waals surface area (Å²) in [6.45, 7) is 1.21. The Balaban J connectivity index is 1.48. The molecule has 0 saturated carbocycles. The van der Waals surface area contributed by atoms with Crippen LogP contribution in [0.3, 0.4) is 0 Å². The van der Waals surface area contributed by atoms with Crippen LogP contribution in [0.25, 0.3) is 11.7 Å². The summed E-state index contributed by atoms with van der Waals surface area (Å²) < 4.78 is 10.5. The number of carbonyl (C=O) groups is 1. The summed E-state index contributed by atoms with van der Waals surface area (Å²) in [4.78, 5) is 18.4. The Labute approximate surface area is 132 Å². The Morgan fingerprint density at radius 1 is 1.17 bits per heavy atom. The van der Waals surface area contributed by atoms with Crippen molar-refractivity contribution in [2.24, 2.45) is 0 Å². The summed E-state index contributed by atoms with van der Waals surface area (Å²) in [5.74, 6) is 1.51. The zero-order valence-electron chi connectivity index (χ0n) is 12.4. The zero-order valence-corrected chi connectivity index (χ0v) is 12.4. The van der Waals surface area contributed by atoms with Gasteiger partial charge in [-0.05, 0) is 17.7 Å². The standard InChI is InChI=1S/C17H15N3O3/c21-15-9-13(11-20(15)10-12-5-2-1-3-6-12)16-18-17(23-19-16)14-7-4-8-22-14/h1-8,13H,9-11H2/t13-/m0/s1. The largest absolute Gasteiger partial charge is 0.459 e. The number of furan rings is 1. The van der Waals surface area contributed by atoms with Gasteiger partial charge in [-0.2, -0.15) is 4.98 Å². The third-order valence-electron chi connectivity index (χ3n) is 3.97. The van der Waals surface area contributed by atoms with Gasteiger partial charge in [-0.25, -0.2) is 0 Å². The van der Waals surface area contributed by atoms with E-state index in [1.807, 2.05) is 35.2 Å². The SMILES string of the molecule is O=C1C[C@H](c2noc(-c3ccco3)n2)CN1Cc1ccccc1. The molecule has 2 aromatic heterocycles. The molecule has 3 aromatic rings. The van der Waals surface area contributed by atoms with E-state index in [0.717, 1.165) is 5.56 Å². The van der Waals surface area contributed by atoms with Crippen molar-refractivity contribution in [3.05, 3.63) is 60.1 Å². The fourth-order valence-electron chi connectivity index (χ4n) is 2.80. The van der Waals surface area contributed by atoms with Crippen LogP contribution in [0.1, 0.15) is 23.7 Å². The Kier molecular flexibility index (Phi) is 3.42. The minimum atomic E-state index is -0.0429. The minimum Gasteiger partial charge on any atom is -0.459 e. The number of nitrogens with zero attached hydrogens (tertiary/aromatic N) is 3. The first-order valence-electron chi connectivity index (χ1n) is 7.49. The van der Waals surface area contributed by atoms with E-state index in [4.69, 9.17) is 8.94 Å². The molecule has 1 atom stereocenters. The quantitative estimate of drug-likeness (QED) is 0.741. The second-order valence-corrected chi connectivity index (χ2v) is 5.60. The number of hydrogen-bond acceptors (Lipinski definition) is 5. The second-order valence-electron chi connectivity index (χ2n) is 5.60. The Hall–Kier alpha value is -2.89. The molecule has 0 aliphatic carbocycles. The van der Waals surface area contributed by atoms with E-state index in [1.165, 1.54) is 0 Å². The van der Waals surface area contributed by atoms with Crippen LogP contribution in [0.4, 0.5) is 0 Å². The normalized spacial score (nSPS) is 17.8. The van der Waals surface area contributed by atoms with Gasteiger partial charge in [0.2, 0.25) is 5.91 Å². The lowest BCUT2D eigenvalue weighted by atomic mass is 10.1. The summed E-state index contributed by atoms with van der Waals surface area (Å²) >= 11 is 0. The van der Waals surface area contributed by atoms with Gasteiger partial charge in [0.05, 0.1) is 6.26 Å². The van der Waals surface area contributed by atoms with E-state index >= 15 is 0 Å². The van der Waals surface area contributed by atoms with Gasteiger partial charge in [-0.15, -0.1) is 0 Å². The smallest absolute Gasteiger partial charge is 0.293 e. The van der Waals surface area contributed by atoms with Crippen LogP contribution in [-0.4, -0.2) is 27.5 Å². The summed E-state index contributed by atoms with van der Waals surface area (Å²) in [5.41, 5.74) is 1.12. The molecular formula is C17H15N3O3. The topological polar surface area (TPSA) is 72.4 Å². The fourth-order valence-corrected chi connectivity index (χ4v) is 2.80. The molecule has 1 fully saturated rings. The maximum atomic E-state index is 12.2. The highest BCUT2D eigenvalue weighted by Gasteiger charge is 2.33. The van der Waals surface area contributed by atoms with Crippen LogP contribution in [-0.2, 0) is 11.3 Å². The number of benzene rings is 1. The van der Waals surface area contributed by atoms with Crippen LogP contribution < -0.4 is 0 Å². The highest BCUT2D eigenvalue weighted by Crippen LogP contribution is 2.29. The maximum Gasteiger partial charge on any atom is 0.293 e. The molecule has 1 aliphatic heterocycles. The van der Waals surface area contributed by atoms with Crippen LogP contribution in [0.15, 0.2) is 57.7 Å². The number of likely N-dealkylation sites (tertiary alicyclic amines) is 1. The maximum absolute atomic E-state index is 12.2. The Morgan fingerprint density at radius 2 is 2.04 bits per heavy atom. The van der Waals surface area contributed by atoms with Crippen LogP contribution in [0, 0.1) is 0 Å². The van der Waals surface area contributed by atoms with Crippen molar-refractivity contribution in [1.29, 1.82) is 0 Å². The third kappa shape index (κ3) is 2.75. The van der Waals surface area contributed by atoms with Gasteiger partial charge >= 0.3 is 0 Å². The van der Waals surface area contributed by atoms with Gasteiger partial charge in [0.1, 0.15) is 0 Å².